The van der Waals surface area contributed by atoms with Gasteiger partial charge in [0.2, 0.25) is 11.8 Å². The fourth-order valence-electron chi connectivity index (χ4n) is 3.35. The molecule has 2 N–H and O–H groups in total. The zero-order valence-electron chi connectivity index (χ0n) is 20.1. The standard InChI is InChI=1S/C25H30Cl3NO6/c1-15(30)29(16(2)31)12-20(33)14-34-21-7-5-17(6-8-21)25(3,4)18-9-22(27)24(23(28)10-18)35-13-19(32)11-26/h5-10,19-20,32-33H,11-14H2,1-4H3. The summed E-state index contributed by atoms with van der Waals surface area (Å²) in [6.07, 6.45) is -1.85. The Morgan fingerprint density at radius 2 is 1.43 bits per heavy atom. The van der Waals surface area contributed by atoms with Crippen LogP contribution in [-0.2, 0) is 15.0 Å². The SMILES string of the molecule is CC(=O)N(CC(O)COc1ccc(C(C)(C)c2cc(Cl)c(OCC(O)CCl)c(Cl)c2)cc1)C(C)=O. The maximum Gasteiger partial charge on any atom is 0.226 e. The number of halogens is 3. The number of hydrogen-bond donors (Lipinski definition) is 2. The van der Waals surface area contributed by atoms with Crippen molar-refractivity contribution in [3.8, 4) is 11.5 Å². The summed E-state index contributed by atoms with van der Waals surface area (Å²) < 4.78 is 11.2. The van der Waals surface area contributed by atoms with Crippen molar-refractivity contribution in [2.45, 2.75) is 45.3 Å². The third kappa shape index (κ3) is 7.98. The first kappa shape index (κ1) is 29.2. The van der Waals surface area contributed by atoms with Crippen molar-refractivity contribution in [1.29, 1.82) is 0 Å². The second-order valence-corrected chi connectivity index (χ2v) is 9.77. The molecular weight excluding hydrogens is 517 g/mol. The monoisotopic (exact) mass is 545 g/mol. The van der Waals surface area contributed by atoms with E-state index in [0.29, 0.717) is 15.8 Å². The fraction of sp³-hybridized carbons (Fsp3) is 0.440. The van der Waals surface area contributed by atoms with Gasteiger partial charge in [-0.15, -0.1) is 11.6 Å². The molecule has 0 bridgehead atoms. The minimum Gasteiger partial charge on any atom is -0.491 e. The molecule has 0 spiro atoms. The summed E-state index contributed by atoms with van der Waals surface area (Å²) in [6.45, 7) is 6.33. The molecule has 0 fully saturated rings. The molecule has 0 aromatic heterocycles. The van der Waals surface area contributed by atoms with Gasteiger partial charge in [-0.2, -0.15) is 0 Å². The Labute approximate surface area is 220 Å². The molecule has 7 nitrogen and oxygen atoms in total. The fourth-order valence-corrected chi connectivity index (χ4v) is 4.04. The molecule has 10 heteroatoms. The van der Waals surface area contributed by atoms with E-state index in [0.717, 1.165) is 16.0 Å². The summed E-state index contributed by atoms with van der Waals surface area (Å²) in [5.74, 6) is -0.0219. The molecule has 192 valence electrons. The number of alkyl halides is 1. The summed E-state index contributed by atoms with van der Waals surface area (Å²) in [6, 6.07) is 10.9. The highest BCUT2D eigenvalue weighted by Crippen LogP contribution is 2.40. The van der Waals surface area contributed by atoms with Crippen LogP contribution in [0, 0.1) is 0 Å². The van der Waals surface area contributed by atoms with Gasteiger partial charge in [0.05, 0.1) is 22.5 Å². The molecule has 0 saturated carbocycles. The van der Waals surface area contributed by atoms with Crippen LogP contribution in [0.1, 0.15) is 38.8 Å². The van der Waals surface area contributed by atoms with E-state index in [-0.39, 0.29) is 31.4 Å². The van der Waals surface area contributed by atoms with Crippen LogP contribution in [0.4, 0.5) is 0 Å². The lowest BCUT2D eigenvalue weighted by Gasteiger charge is -2.27. The zero-order chi connectivity index (χ0) is 26.3. The second-order valence-electron chi connectivity index (χ2n) is 8.65. The molecule has 0 heterocycles. The van der Waals surface area contributed by atoms with Crippen LogP contribution < -0.4 is 9.47 Å². The molecule has 2 amide bonds. The largest absolute Gasteiger partial charge is 0.491 e. The van der Waals surface area contributed by atoms with Gasteiger partial charge < -0.3 is 19.7 Å². The topological polar surface area (TPSA) is 96.3 Å². The number of ether oxygens (including phenoxy) is 2. The van der Waals surface area contributed by atoms with Crippen LogP contribution in [-0.4, -0.2) is 64.8 Å². The zero-order valence-corrected chi connectivity index (χ0v) is 22.3. The van der Waals surface area contributed by atoms with Crippen molar-refractivity contribution in [2.24, 2.45) is 0 Å². The van der Waals surface area contributed by atoms with E-state index >= 15 is 0 Å². The molecule has 0 aliphatic carbocycles. The number of carbonyl (C=O) groups is 2. The van der Waals surface area contributed by atoms with Crippen molar-refractivity contribution in [3.05, 3.63) is 57.6 Å². The summed E-state index contributed by atoms with van der Waals surface area (Å²) in [7, 11) is 0. The Bertz CT molecular complexity index is 991. The normalized spacial score (nSPS) is 13.2. The van der Waals surface area contributed by atoms with Crippen LogP contribution in [0.15, 0.2) is 36.4 Å². The quantitative estimate of drug-likeness (QED) is 0.405. The third-order valence-corrected chi connectivity index (χ3v) is 6.41. The summed E-state index contributed by atoms with van der Waals surface area (Å²) in [4.78, 5) is 23.9. The van der Waals surface area contributed by atoms with Crippen LogP contribution in [0.2, 0.25) is 10.0 Å². The first-order valence-corrected chi connectivity index (χ1v) is 12.2. The van der Waals surface area contributed by atoms with Crippen LogP contribution in [0.3, 0.4) is 0 Å². The molecule has 0 saturated heterocycles. The number of hydrogen-bond acceptors (Lipinski definition) is 6. The Morgan fingerprint density at radius 3 is 1.91 bits per heavy atom. The van der Waals surface area contributed by atoms with E-state index in [9.17, 15) is 19.8 Å². The molecule has 0 radical (unpaired) electrons. The van der Waals surface area contributed by atoms with Gasteiger partial charge in [-0.25, -0.2) is 0 Å². The van der Waals surface area contributed by atoms with Gasteiger partial charge in [-0.05, 0) is 35.4 Å². The number of aliphatic hydroxyl groups excluding tert-OH is 2. The summed E-state index contributed by atoms with van der Waals surface area (Å²) >= 11 is 18.4. The van der Waals surface area contributed by atoms with E-state index in [1.165, 1.54) is 13.8 Å². The number of nitrogens with zero attached hydrogens (tertiary/aromatic N) is 1. The maximum atomic E-state index is 11.5. The highest BCUT2D eigenvalue weighted by Gasteiger charge is 2.26. The van der Waals surface area contributed by atoms with Gasteiger partial charge in [-0.3, -0.25) is 14.5 Å². The molecule has 2 rings (SSSR count). The van der Waals surface area contributed by atoms with Gasteiger partial charge in [0, 0.05) is 19.3 Å². The van der Waals surface area contributed by atoms with Gasteiger partial charge in [0.15, 0.2) is 5.75 Å². The van der Waals surface area contributed by atoms with E-state index in [4.69, 9.17) is 44.3 Å². The average molecular weight is 547 g/mol. The number of amides is 2. The lowest BCUT2D eigenvalue weighted by atomic mass is 9.78. The van der Waals surface area contributed by atoms with Gasteiger partial charge in [0.25, 0.3) is 0 Å². The first-order valence-electron chi connectivity index (χ1n) is 10.9. The van der Waals surface area contributed by atoms with E-state index in [1.54, 1.807) is 24.3 Å². The van der Waals surface area contributed by atoms with Crippen LogP contribution in [0.5, 0.6) is 11.5 Å². The Kier molecular flexibility index (Phi) is 10.7. The lowest BCUT2D eigenvalue weighted by molar-refractivity contribution is -0.144. The van der Waals surface area contributed by atoms with Crippen molar-refractivity contribution in [3.63, 3.8) is 0 Å². The minimum absolute atomic E-state index is 0.0244. The molecule has 2 unspecified atom stereocenters. The highest BCUT2D eigenvalue weighted by molar-refractivity contribution is 6.37. The molecule has 2 aromatic carbocycles. The van der Waals surface area contributed by atoms with Crippen molar-refractivity contribution in [1.82, 2.24) is 4.90 Å². The van der Waals surface area contributed by atoms with Crippen molar-refractivity contribution < 1.29 is 29.3 Å². The Hall–Kier alpha value is -2.03. The molecule has 2 atom stereocenters. The molecule has 2 aromatic rings. The van der Waals surface area contributed by atoms with Gasteiger partial charge >= 0.3 is 0 Å². The number of aliphatic hydroxyl groups is 2. The van der Waals surface area contributed by atoms with Crippen molar-refractivity contribution >= 4 is 46.6 Å². The number of imide groups is 1. The average Bonchev–Trinajstić information content (AvgIpc) is 2.80. The molecule has 0 aliphatic heterocycles. The molecule has 35 heavy (non-hydrogen) atoms. The highest BCUT2D eigenvalue weighted by atomic mass is 35.5. The number of benzene rings is 2. The Balaban J connectivity index is 2.09. The first-order chi connectivity index (χ1) is 16.4. The smallest absolute Gasteiger partial charge is 0.226 e. The number of carbonyl (C=O) groups excluding carboxylic acids is 2. The second kappa shape index (κ2) is 12.8. The predicted molar refractivity (Wildman–Crippen MR) is 137 cm³/mol. The third-order valence-electron chi connectivity index (χ3n) is 5.49. The molecule has 0 aliphatic rings. The minimum atomic E-state index is -1.02. The van der Waals surface area contributed by atoms with E-state index in [2.05, 4.69) is 0 Å². The predicted octanol–water partition coefficient (Wildman–Crippen LogP) is 4.43. The Morgan fingerprint density at radius 1 is 0.914 bits per heavy atom. The maximum absolute atomic E-state index is 11.5. The van der Waals surface area contributed by atoms with Crippen LogP contribution >= 0.6 is 34.8 Å². The van der Waals surface area contributed by atoms with E-state index < -0.39 is 29.4 Å². The van der Waals surface area contributed by atoms with Gasteiger partial charge in [-0.1, -0.05) is 49.2 Å². The van der Waals surface area contributed by atoms with Crippen molar-refractivity contribution in [2.75, 3.05) is 25.6 Å². The summed E-state index contributed by atoms with van der Waals surface area (Å²) in [5, 5.41) is 20.4. The van der Waals surface area contributed by atoms with Gasteiger partial charge in [0.1, 0.15) is 31.2 Å². The summed E-state index contributed by atoms with van der Waals surface area (Å²) in [5.41, 5.74) is 1.35. The lowest BCUT2D eigenvalue weighted by Crippen LogP contribution is -2.41. The number of rotatable bonds is 11. The molecular formula is C25H30Cl3NO6. The van der Waals surface area contributed by atoms with Crippen LogP contribution in [0.25, 0.3) is 0 Å². The van der Waals surface area contributed by atoms with E-state index in [1.807, 2.05) is 26.0 Å².